The molecule has 0 aromatic heterocycles. The minimum atomic E-state index is 0.619. The molecular formula is C86H52Br2Cl2O2. The van der Waals surface area contributed by atoms with Gasteiger partial charge in [-0.15, -0.1) is 0 Å². The summed E-state index contributed by atoms with van der Waals surface area (Å²) in [5.41, 5.74) is 24.2. The maximum Gasteiger partial charge on any atom is 0.128 e. The SMILES string of the molecule is COc1cc(Cl)c(Br)cc1-c1ccc2c(-c3ccccc3)c3c(c(-c4ccccc4)c2c1)-c1cc2ccccc2c2cccc-3c12.COc1cc(Cl)c(Br)cc1-c1ccc2c(-c3ccccc3)c3c(c(-c4ccccc4)c2c1)-c1cccc2c1c-3cc1ccccc12. The van der Waals surface area contributed by atoms with Gasteiger partial charge in [0, 0.05) is 32.2 Å². The second-order valence-corrected chi connectivity index (χ2v) is 26.2. The molecule has 0 bridgehead atoms. The molecule has 436 valence electrons. The first-order valence-electron chi connectivity index (χ1n) is 30.7. The van der Waals surface area contributed by atoms with Gasteiger partial charge >= 0.3 is 0 Å². The predicted molar refractivity (Wildman–Crippen MR) is 398 cm³/mol. The number of benzene rings is 16. The van der Waals surface area contributed by atoms with Crippen LogP contribution >= 0.6 is 55.1 Å². The van der Waals surface area contributed by atoms with E-state index >= 15 is 0 Å². The Morgan fingerprint density at radius 3 is 0.935 bits per heavy atom. The third-order valence-electron chi connectivity index (χ3n) is 18.8. The van der Waals surface area contributed by atoms with Crippen LogP contribution in [-0.2, 0) is 0 Å². The highest BCUT2D eigenvalue weighted by atomic mass is 79.9. The normalized spacial score (nSPS) is 11.8. The van der Waals surface area contributed by atoms with Gasteiger partial charge in [0.25, 0.3) is 0 Å². The lowest BCUT2D eigenvalue weighted by Crippen LogP contribution is -1.95. The van der Waals surface area contributed by atoms with Crippen LogP contribution < -0.4 is 9.47 Å². The van der Waals surface area contributed by atoms with Gasteiger partial charge in [-0.05, 0) is 233 Å². The molecular weight excluding hydrogens is 1300 g/mol. The quantitative estimate of drug-likeness (QED) is 0.141. The standard InChI is InChI=1S/2C43H26BrClO/c1-46-38-24-37(45)36(44)23-33(38)28-19-20-31-34(21-28)40(26-13-6-3-7-14-26)42-32-18-10-17-30-29-16-9-8-15-27(29)22-35(41(30)32)43(42)39(31)25-11-4-2-5-12-25;1-46-38-24-37(45)36(44)23-33(38)28-19-20-31-34(21-28)40(26-13-6-3-7-14-26)43-35-22-27-15-8-9-16-29(27)30-17-10-18-32(41(30)35)42(43)39(31)25-11-4-2-5-12-25/h2*2-24H,1H3. The van der Waals surface area contributed by atoms with E-state index in [1.165, 1.54) is 154 Å². The zero-order chi connectivity index (χ0) is 61.9. The summed E-state index contributed by atoms with van der Waals surface area (Å²) in [5.74, 6) is 1.48. The molecule has 0 amide bonds. The van der Waals surface area contributed by atoms with Crippen LogP contribution in [0, 0.1) is 0 Å². The number of methoxy groups -OCH3 is 2. The Morgan fingerprint density at radius 1 is 0.239 bits per heavy atom. The van der Waals surface area contributed by atoms with Gasteiger partial charge in [-0.2, -0.15) is 0 Å². The topological polar surface area (TPSA) is 18.5 Å². The van der Waals surface area contributed by atoms with E-state index in [1.54, 1.807) is 14.2 Å². The van der Waals surface area contributed by atoms with Crippen molar-refractivity contribution in [2.45, 2.75) is 0 Å². The molecule has 0 fully saturated rings. The lowest BCUT2D eigenvalue weighted by molar-refractivity contribution is 0.416. The molecule has 0 heterocycles. The summed E-state index contributed by atoms with van der Waals surface area (Å²) in [6.45, 7) is 0. The smallest absolute Gasteiger partial charge is 0.128 e. The molecule has 92 heavy (non-hydrogen) atoms. The summed E-state index contributed by atoms with van der Waals surface area (Å²) in [4.78, 5) is 0. The van der Waals surface area contributed by atoms with Crippen molar-refractivity contribution in [3.8, 4) is 123 Å². The third kappa shape index (κ3) is 8.87. The Labute approximate surface area is 559 Å². The zero-order valence-corrected chi connectivity index (χ0v) is 54.6. The minimum absolute atomic E-state index is 0.619. The lowest BCUT2D eigenvalue weighted by atomic mass is 9.81. The predicted octanol–water partition coefficient (Wildman–Crippen LogP) is 26.4. The van der Waals surface area contributed by atoms with Gasteiger partial charge in [0.1, 0.15) is 11.5 Å². The van der Waals surface area contributed by atoms with Crippen molar-refractivity contribution in [1.29, 1.82) is 0 Å². The third-order valence-corrected chi connectivity index (χ3v) is 21.2. The van der Waals surface area contributed by atoms with Crippen LogP contribution in [-0.4, -0.2) is 14.2 Å². The average Bonchev–Trinajstić information content (AvgIpc) is 1.52. The van der Waals surface area contributed by atoms with Crippen LogP contribution in [0.25, 0.3) is 176 Å². The molecule has 2 aliphatic rings. The number of hydrogen-bond donors (Lipinski definition) is 0. The average molecular weight is 1350 g/mol. The van der Waals surface area contributed by atoms with Crippen LogP contribution in [0.1, 0.15) is 0 Å². The van der Waals surface area contributed by atoms with Crippen LogP contribution in [0.2, 0.25) is 10.0 Å². The number of rotatable bonds is 8. The van der Waals surface area contributed by atoms with Crippen molar-refractivity contribution >= 4 is 120 Å². The summed E-state index contributed by atoms with van der Waals surface area (Å²) in [6, 6.07) is 101. The maximum atomic E-state index is 6.50. The Kier molecular flexibility index (Phi) is 13.8. The molecule has 0 N–H and O–H groups in total. The second-order valence-electron chi connectivity index (χ2n) is 23.7. The van der Waals surface area contributed by atoms with Crippen molar-refractivity contribution in [3.05, 3.63) is 298 Å². The first-order chi connectivity index (χ1) is 45.2. The van der Waals surface area contributed by atoms with Crippen LogP contribution in [0.3, 0.4) is 0 Å². The highest BCUT2D eigenvalue weighted by Crippen LogP contribution is 2.61. The zero-order valence-electron chi connectivity index (χ0n) is 49.9. The monoisotopic (exact) mass is 1340 g/mol. The van der Waals surface area contributed by atoms with Crippen LogP contribution in [0.15, 0.2) is 288 Å². The minimum Gasteiger partial charge on any atom is -0.496 e. The fraction of sp³-hybridized carbons (Fsp3) is 0.0233. The van der Waals surface area contributed by atoms with Gasteiger partial charge in [-0.1, -0.05) is 254 Å². The molecule has 2 aliphatic carbocycles. The molecule has 16 aromatic carbocycles. The molecule has 6 heteroatoms. The molecule has 0 radical (unpaired) electrons. The summed E-state index contributed by atoms with van der Waals surface area (Å²) in [5, 5.41) is 16.4. The lowest BCUT2D eigenvalue weighted by Gasteiger charge is -2.21. The van der Waals surface area contributed by atoms with Crippen molar-refractivity contribution in [2.24, 2.45) is 0 Å². The Balaban J connectivity index is 0.000000141. The highest BCUT2D eigenvalue weighted by molar-refractivity contribution is 9.10. The summed E-state index contributed by atoms with van der Waals surface area (Å²) in [7, 11) is 3.39. The van der Waals surface area contributed by atoms with Gasteiger partial charge in [-0.25, -0.2) is 0 Å². The van der Waals surface area contributed by atoms with E-state index < -0.39 is 0 Å². The molecule has 2 nitrogen and oxygen atoms in total. The molecule has 0 unspecified atom stereocenters. The number of hydrogen-bond acceptors (Lipinski definition) is 2. The van der Waals surface area contributed by atoms with Gasteiger partial charge in [0.05, 0.1) is 24.3 Å². The summed E-state index contributed by atoms with van der Waals surface area (Å²) >= 11 is 20.3. The number of halogens is 4. The van der Waals surface area contributed by atoms with Gasteiger partial charge in [-0.3, -0.25) is 0 Å². The Bertz CT molecular complexity index is 5730. The van der Waals surface area contributed by atoms with Gasteiger partial charge in [0.2, 0.25) is 0 Å². The second kappa shape index (κ2) is 22.6. The van der Waals surface area contributed by atoms with Gasteiger partial charge in [0.15, 0.2) is 0 Å². The summed E-state index contributed by atoms with van der Waals surface area (Å²) < 4.78 is 13.4. The molecule has 0 atom stereocenters. The fourth-order valence-electron chi connectivity index (χ4n) is 15.0. The van der Waals surface area contributed by atoms with E-state index in [9.17, 15) is 0 Å². The Morgan fingerprint density at radius 2 is 0.565 bits per heavy atom. The largest absolute Gasteiger partial charge is 0.496 e. The van der Waals surface area contributed by atoms with E-state index in [-0.39, 0.29) is 0 Å². The van der Waals surface area contributed by atoms with Crippen LogP contribution in [0.5, 0.6) is 11.5 Å². The van der Waals surface area contributed by atoms with Crippen molar-refractivity contribution in [2.75, 3.05) is 14.2 Å². The van der Waals surface area contributed by atoms with E-state index in [0.29, 0.717) is 10.0 Å². The molecule has 0 saturated carbocycles. The van der Waals surface area contributed by atoms with Gasteiger partial charge < -0.3 is 9.47 Å². The van der Waals surface area contributed by atoms with Crippen LogP contribution in [0.4, 0.5) is 0 Å². The first kappa shape index (κ1) is 56.2. The maximum absolute atomic E-state index is 6.50. The van der Waals surface area contributed by atoms with E-state index in [1.807, 2.05) is 12.1 Å². The summed E-state index contributed by atoms with van der Waals surface area (Å²) in [6.07, 6.45) is 0. The number of fused-ring (bicyclic) bond motifs is 12. The molecule has 16 aromatic rings. The molecule has 0 aliphatic heterocycles. The fourth-order valence-corrected chi connectivity index (χ4v) is 16.0. The van der Waals surface area contributed by atoms with E-state index in [2.05, 4.69) is 299 Å². The number of ether oxygens (including phenoxy) is 2. The van der Waals surface area contributed by atoms with E-state index in [4.69, 9.17) is 32.7 Å². The highest BCUT2D eigenvalue weighted by Gasteiger charge is 2.34. The van der Waals surface area contributed by atoms with Crippen molar-refractivity contribution < 1.29 is 9.47 Å². The van der Waals surface area contributed by atoms with E-state index in [0.717, 1.165) is 42.7 Å². The molecule has 0 spiro atoms. The van der Waals surface area contributed by atoms with Crippen molar-refractivity contribution in [3.63, 3.8) is 0 Å². The van der Waals surface area contributed by atoms with Crippen molar-refractivity contribution in [1.82, 2.24) is 0 Å². The Hall–Kier alpha value is -9.78. The first-order valence-corrected chi connectivity index (χ1v) is 33.0. The molecule has 18 rings (SSSR count). The molecule has 0 saturated heterocycles.